The fraction of sp³-hybridized carbons (Fsp3) is 0.458. The third-order valence-corrected chi connectivity index (χ3v) is 7.04. The van der Waals surface area contributed by atoms with E-state index in [1.165, 1.54) is 0 Å². The Morgan fingerprint density at radius 1 is 1.11 bits per heavy atom. The zero-order valence-electron chi connectivity index (χ0n) is 19.9. The number of alkyl halides is 1. The van der Waals surface area contributed by atoms with E-state index in [2.05, 4.69) is 24.9 Å². The van der Waals surface area contributed by atoms with E-state index in [9.17, 15) is 4.79 Å². The summed E-state index contributed by atoms with van der Waals surface area (Å²) in [6.07, 6.45) is 5.04. The summed E-state index contributed by atoms with van der Waals surface area (Å²) in [5.74, 6) is 5.32. The van der Waals surface area contributed by atoms with Crippen LogP contribution in [0.1, 0.15) is 31.7 Å². The highest BCUT2D eigenvalue weighted by Gasteiger charge is 2.45. The van der Waals surface area contributed by atoms with E-state index < -0.39 is 11.6 Å². The first-order valence-corrected chi connectivity index (χ1v) is 12.1. The van der Waals surface area contributed by atoms with E-state index >= 15 is 4.39 Å². The molecule has 0 aliphatic carbocycles. The van der Waals surface area contributed by atoms with E-state index in [4.69, 9.17) is 16.2 Å². The number of carbonyl (C=O) groups is 1. The molecular formula is C24H29FN10O. The van der Waals surface area contributed by atoms with E-state index in [1.807, 2.05) is 35.2 Å². The number of carbonyl (C=O) groups excluding carboxylic acids is 1. The van der Waals surface area contributed by atoms with Crippen molar-refractivity contribution in [1.82, 2.24) is 29.3 Å². The molecule has 0 saturated carbocycles. The van der Waals surface area contributed by atoms with E-state index in [1.54, 1.807) is 17.3 Å². The lowest BCUT2D eigenvalue weighted by Gasteiger charge is -2.40. The van der Waals surface area contributed by atoms with Crippen LogP contribution in [0.3, 0.4) is 0 Å². The summed E-state index contributed by atoms with van der Waals surface area (Å²) in [7, 11) is 0. The molecule has 12 heteroatoms. The molecule has 36 heavy (non-hydrogen) atoms. The molecule has 11 nitrogen and oxygen atoms in total. The zero-order chi connectivity index (χ0) is 25.1. The minimum absolute atomic E-state index is 0.0174. The number of imidazole rings is 1. The summed E-state index contributed by atoms with van der Waals surface area (Å²) in [5.41, 5.74) is 0.470. The van der Waals surface area contributed by atoms with Crippen LogP contribution >= 0.6 is 0 Å². The maximum atomic E-state index is 15.7. The number of nitrogens with one attached hydrogen (secondary N) is 1. The molecule has 2 aliphatic heterocycles. The Kier molecular flexibility index (Phi) is 6.68. The second-order valence-electron chi connectivity index (χ2n) is 9.29. The number of rotatable bonds is 5. The quantitative estimate of drug-likeness (QED) is 0.184. The smallest absolute Gasteiger partial charge is 0.260 e. The van der Waals surface area contributed by atoms with Crippen molar-refractivity contribution in [3.63, 3.8) is 0 Å². The topological polar surface area (TPSA) is 142 Å². The Morgan fingerprint density at radius 3 is 2.56 bits per heavy atom. The van der Waals surface area contributed by atoms with Crippen LogP contribution in [0.15, 0.2) is 53.1 Å². The van der Waals surface area contributed by atoms with Gasteiger partial charge in [0.2, 0.25) is 0 Å². The molecule has 3 aromatic rings. The van der Waals surface area contributed by atoms with Gasteiger partial charge in [0.15, 0.2) is 23.0 Å². The zero-order valence-corrected chi connectivity index (χ0v) is 19.9. The number of amides is 1. The Labute approximate surface area is 207 Å². The number of hydrogen-bond acceptors (Lipinski definition) is 7. The van der Waals surface area contributed by atoms with Gasteiger partial charge < -0.3 is 15.3 Å². The van der Waals surface area contributed by atoms with Gasteiger partial charge in [-0.15, -0.1) is 5.11 Å². The van der Waals surface area contributed by atoms with Gasteiger partial charge in [-0.1, -0.05) is 11.3 Å². The minimum Gasteiger partial charge on any atom is -0.340 e. The van der Waals surface area contributed by atoms with E-state index in [0.29, 0.717) is 39.0 Å². The molecule has 0 bridgehead atoms. The van der Waals surface area contributed by atoms with Crippen molar-refractivity contribution in [2.45, 2.75) is 37.4 Å². The van der Waals surface area contributed by atoms with Crippen LogP contribution in [-0.2, 0) is 4.79 Å². The Morgan fingerprint density at radius 2 is 1.86 bits per heavy atom. The lowest BCUT2D eigenvalue weighted by atomic mass is 9.90. The van der Waals surface area contributed by atoms with Gasteiger partial charge in [-0.05, 0) is 37.1 Å². The third-order valence-electron chi connectivity index (χ3n) is 7.04. The van der Waals surface area contributed by atoms with Crippen LogP contribution in [-0.4, -0.2) is 79.5 Å². The van der Waals surface area contributed by atoms with Crippen LogP contribution < -0.4 is 5.84 Å². The number of pyridine rings is 2. The number of piperidine rings is 2. The number of nitrogens with two attached hydrogens (primary N) is 1. The van der Waals surface area contributed by atoms with Crippen LogP contribution in [0.2, 0.25) is 0 Å². The first-order chi connectivity index (χ1) is 17.5. The lowest BCUT2D eigenvalue weighted by molar-refractivity contribution is -0.148. The highest BCUT2D eigenvalue weighted by Crippen LogP contribution is 2.34. The summed E-state index contributed by atoms with van der Waals surface area (Å²) < 4.78 is 17.8. The molecule has 0 radical (unpaired) electrons. The Hall–Kier alpha value is -3.80. The maximum Gasteiger partial charge on any atom is 0.260 e. The van der Waals surface area contributed by atoms with Crippen LogP contribution in [0, 0.1) is 5.41 Å². The number of hydrogen-bond donors (Lipinski definition) is 2. The number of halogens is 1. The van der Waals surface area contributed by atoms with E-state index in [0.717, 1.165) is 22.7 Å². The largest absolute Gasteiger partial charge is 0.340 e. The number of nitrogens with zero attached hydrogens (tertiary/aromatic N) is 8. The molecule has 2 fully saturated rings. The second-order valence-corrected chi connectivity index (χ2v) is 9.29. The molecule has 2 aliphatic rings. The summed E-state index contributed by atoms with van der Waals surface area (Å²) >= 11 is 0. The van der Waals surface area contributed by atoms with Crippen molar-refractivity contribution in [1.29, 1.82) is 5.41 Å². The van der Waals surface area contributed by atoms with Gasteiger partial charge >= 0.3 is 0 Å². The van der Waals surface area contributed by atoms with Crippen LogP contribution in [0.5, 0.6) is 0 Å². The Bertz CT molecular complexity index is 1260. The van der Waals surface area contributed by atoms with E-state index in [-0.39, 0.29) is 31.3 Å². The highest BCUT2D eigenvalue weighted by atomic mass is 19.1. The lowest BCUT2D eigenvalue weighted by Crippen LogP contribution is -2.54. The fourth-order valence-electron chi connectivity index (χ4n) is 5.15. The summed E-state index contributed by atoms with van der Waals surface area (Å²) in [5, 5.41) is 14.3. The average Bonchev–Trinajstić information content (AvgIpc) is 3.30. The van der Waals surface area contributed by atoms with Crippen molar-refractivity contribution in [3.8, 4) is 11.5 Å². The second kappa shape index (κ2) is 10.1. The predicted octanol–water partition coefficient (Wildman–Crippen LogP) is 2.76. The molecule has 5 heterocycles. The first kappa shape index (κ1) is 23.9. The fourth-order valence-corrected chi connectivity index (χ4v) is 5.15. The molecule has 0 atom stereocenters. The molecule has 0 aromatic carbocycles. The van der Waals surface area contributed by atoms with Crippen molar-refractivity contribution >= 4 is 22.9 Å². The number of likely N-dealkylation sites (tertiary alicyclic amines) is 2. The van der Waals surface area contributed by atoms with Gasteiger partial charge in [-0.25, -0.2) is 14.4 Å². The highest BCUT2D eigenvalue weighted by molar-refractivity contribution is 5.85. The van der Waals surface area contributed by atoms with Crippen LogP contribution in [0.25, 0.3) is 22.7 Å². The molecule has 1 amide bonds. The van der Waals surface area contributed by atoms with Gasteiger partial charge in [0.1, 0.15) is 11.2 Å². The monoisotopic (exact) mass is 492 g/mol. The molecular weight excluding hydrogens is 463 g/mol. The third kappa shape index (κ3) is 4.68. The van der Waals surface area contributed by atoms with Crippen LogP contribution in [0.4, 0.5) is 4.39 Å². The molecule has 2 saturated heterocycles. The van der Waals surface area contributed by atoms with Gasteiger partial charge in [-0.3, -0.25) is 20.1 Å². The maximum absolute atomic E-state index is 15.7. The molecule has 0 unspecified atom stereocenters. The SMILES string of the molecule is N=C(CN1CCC(F)(C(=O)N2CCC(n3c(-c4ccccn4)nc4cccnc43)CC2)CC1)/N=N\N. The molecule has 3 N–H and O–H groups in total. The van der Waals surface area contributed by atoms with Gasteiger partial charge in [0, 0.05) is 57.5 Å². The molecule has 3 aromatic heterocycles. The van der Waals surface area contributed by atoms with Gasteiger partial charge in [0.25, 0.3) is 5.91 Å². The van der Waals surface area contributed by atoms with Gasteiger partial charge in [-0.2, -0.15) is 0 Å². The minimum atomic E-state index is -1.89. The van der Waals surface area contributed by atoms with Crippen molar-refractivity contribution < 1.29 is 9.18 Å². The summed E-state index contributed by atoms with van der Waals surface area (Å²) in [6.45, 7) is 1.92. The molecule has 5 rings (SSSR count). The normalized spacial score (nSPS) is 19.2. The standard InChI is InChI=1S/C24H29FN10O/c25-24(8-14-33(15-9-24)16-20(26)31-32-27)23(36)34-12-6-17(7-13-34)35-21-19(5-3-11-29-21)30-22(35)18-4-1-2-10-28-18/h1-5,10-11,17H,6-9,12-16H2,(H3,26,27,31). The first-order valence-electron chi connectivity index (χ1n) is 12.1. The van der Waals surface area contributed by atoms with Crippen molar-refractivity contribution in [3.05, 3.63) is 42.7 Å². The summed E-state index contributed by atoms with van der Waals surface area (Å²) in [4.78, 5) is 30.6. The number of fused-ring (bicyclic) bond motifs is 1. The average molecular weight is 493 g/mol. The number of amidine groups is 1. The molecule has 188 valence electrons. The van der Waals surface area contributed by atoms with Crippen molar-refractivity contribution in [2.75, 3.05) is 32.7 Å². The molecule has 0 spiro atoms. The summed E-state index contributed by atoms with van der Waals surface area (Å²) in [6, 6.07) is 9.59. The van der Waals surface area contributed by atoms with Crippen molar-refractivity contribution in [2.24, 2.45) is 16.2 Å². The number of aromatic nitrogens is 4. The Balaban J connectivity index is 1.27. The predicted molar refractivity (Wildman–Crippen MR) is 132 cm³/mol. The van der Waals surface area contributed by atoms with Gasteiger partial charge in [0.05, 0.1) is 6.54 Å².